The normalized spacial score (nSPS) is 23.0. The van der Waals surface area contributed by atoms with Crippen LogP contribution in [0.1, 0.15) is 55.7 Å². The first-order valence-corrected chi connectivity index (χ1v) is 7.35. The van der Waals surface area contributed by atoms with Crippen molar-refractivity contribution in [2.75, 3.05) is 0 Å². The number of hydrogen-bond donors (Lipinski definition) is 0. The van der Waals surface area contributed by atoms with Crippen molar-refractivity contribution in [3.8, 4) is 6.07 Å². The van der Waals surface area contributed by atoms with Crippen molar-refractivity contribution in [1.82, 2.24) is 0 Å². The number of nitrogens with zero attached hydrogens (tertiary/aromatic N) is 1. The lowest BCUT2D eigenvalue weighted by molar-refractivity contribution is -0.0223. The van der Waals surface area contributed by atoms with Gasteiger partial charge in [0, 0.05) is 0 Å². The van der Waals surface area contributed by atoms with Gasteiger partial charge in [-0.15, -0.1) is 0 Å². The predicted octanol–water partition coefficient (Wildman–Crippen LogP) is 4.35. The third-order valence-electron chi connectivity index (χ3n) is 4.29. The number of benzene rings is 1. The van der Waals surface area contributed by atoms with Crippen molar-refractivity contribution < 1.29 is 4.74 Å². The third kappa shape index (κ3) is 3.58. The second-order valence-electron chi connectivity index (χ2n) is 5.56. The molecule has 1 aromatic carbocycles. The van der Waals surface area contributed by atoms with E-state index in [9.17, 15) is 0 Å². The lowest BCUT2D eigenvalue weighted by Gasteiger charge is -2.31. The van der Waals surface area contributed by atoms with Crippen molar-refractivity contribution in [2.24, 2.45) is 5.92 Å². The predicted molar refractivity (Wildman–Crippen MR) is 76.7 cm³/mol. The molecule has 0 N–H and O–H groups in total. The fraction of sp³-hybridized carbons (Fsp3) is 0.588. The summed E-state index contributed by atoms with van der Waals surface area (Å²) >= 11 is 0. The van der Waals surface area contributed by atoms with Gasteiger partial charge in [-0.25, -0.2) is 0 Å². The molecule has 2 unspecified atom stereocenters. The van der Waals surface area contributed by atoms with Crippen molar-refractivity contribution in [3.05, 3.63) is 34.9 Å². The molecule has 19 heavy (non-hydrogen) atoms. The Morgan fingerprint density at radius 1 is 1.32 bits per heavy atom. The minimum atomic E-state index is 0.425. The smallest absolute Gasteiger partial charge is 0.0991 e. The Balaban J connectivity index is 1.96. The minimum Gasteiger partial charge on any atom is -0.373 e. The van der Waals surface area contributed by atoms with Crippen LogP contribution >= 0.6 is 0 Å². The van der Waals surface area contributed by atoms with Crippen LogP contribution in [0.3, 0.4) is 0 Å². The highest BCUT2D eigenvalue weighted by Gasteiger charge is 2.24. The summed E-state index contributed by atoms with van der Waals surface area (Å²) in [7, 11) is 0. The molecule has 2 atom stereocenters. The zero-order valence-corrected chi connectivity index (χ0v) is 12.0. The Morgan fingerprint density at radius 2 is 2.11 bits per heavy atom. The maximum Gasteiger partial charge on any atom is 0.0991 e. The van der Waals surface area contributed by atoms with Crippen molar-refractivity contribution in [1.29, 1.82) is 5.26 Å². The second kappa shape index (κ2) is 6.73. The van der Waals surface area contributed by atoms with Gasteiger partial charge in [0.25, 0.3) is 0 Å². The van der Waals surface area contributed by atoms with Gasteiger partial charge >= 0.3 is 0 Å². The van der Waals surface area contributed by atoms with Crippen molar-refractivity contribution in [3.63, 3.8) is 0 Å². The maximum absolute atomic E-state index is 8.87. The number of nitriles is 1. The Hall–Kier alpha value is -1.33. The highest BCUT2D eigenvalue weighted by atomic mass is 16.5. The summed E-state index contributed by atoms with van der Waals surface area (Å²) in [5.74, 6) is 0.729. The molecule has 0 aliphatic heterocycles. The quantitative estimate of drug-likeness (QED) is 0.803. The summed E-state index contributed by atoms with van der Waals surface area (Å²) < 4.78 is 6.14. The molecule has 1 aliphatic rings. The molecular weight excluding hydrogens is 234 g/mol. The zero-order valence-electron chi connectivity index (χ0n) is 12.0. The van der Waals surface area contributed by atoms with Crippen LogP contribution in [0.5, 0.6) is 0 Å². The average Bonchev–Trinajstić information content (AvgIpc) is 2.46. The molecule has 1 saturated carbocycles. The van der Waals surface area contributed by atoms with Crippen LogP contribution in [-0.4, -0.2) is 6.10 Å². The first-order valence-electron chi connectivity index (χ1n) is 7.35. The largest absolute Gasteiger partial charge is 0.373 e. The van der Waals surface area contributed by atoms with Crippen molar-refractivity contribution >= 4 is 0 Å². The summed E-state index contributed by atoms with van der Waals surface area (Å²) in [6.45, 7) is 5.00. The van der Waals surface area contributed by atoms with Gasteiger partial charge in [-0.3, -0.25) is 0 Å². The van der Waals surface area contributed by atoms with E-state index in [0.717, 1.165) is 17.0 Å². The molecule has 0 amide bonds. The van der Waals surface area contributed by atoms with Gasteiger partial charge in [-0.1, -0.05) is 32.3 Å². The number of hydrogen-bond acceptors (Lipinski definition) is 2. The second-order valence-corrected chi connectivity index (χ2v) is 5.56. The lowest BCUT2D eigenvalue weighted by Crippen LogP contribution is -2.27. The zero-order chi connectivity index (χ0) is 13.7. The fourth-order valence-corrected chi connectivity index (χ4v) is 2.98. The molecule has 0 saturated heterocycles. The standard InChI is InChI=1S/C17H23NO/c1-3-15-6-4-5-7-17(15)19-12-16-9-8-14(11-18)10-13(16)2/h8-10,15,17H,3-7,12H2,1-2H3. The van der Waals surface area contributed by atoms with E-state index in [-0.39, 0.29) is 0 Å². The summed E-state index contributed by atoms with van der Waals surface area (Å²) in [5, 5.41) is 8.87. The molecule has 2 rings (SSSR count). The number of rotatable bonds is 4. The third-order valence-corrected chi connectivity index (χ3v) is 4.29. The molecule has 0 bridgehead atoms. The van der Waals surface area contributed by atoms with E-state index < -0.39 is 0 Å². The summed E-state index contributed by atoms with van der Waals surface area (Å²) in [5.41, 5.74) is 3.09. The van der Waals surface area contributed by atoms with E-state index >= 15 is 0 Å². The Bertz CT molecular complexity index is 461. The van der Waals surface area contributed by atoms with Gasteiger partial charge in [0.2, 0.25) is 0 Å². The van der Waals surface area contributed by atoms with Crippen LogP contribution in [0.4, 0.5) is 0 Å². The summed E-state index contributed by atoms with van der Waals surface area (Å²) in [6.07, 6.45) is 6.81. The molecule has 102 valence electrons. The Kier molecular flexibility index (Phi) is 4.99. The van der Waals surface area contributed by atoms with Gasteiger partial charge in [0.15, 0.2) is 0 Å². The van der Waals surface area contributed by atoms with Gasteiger partial charge in [-0.05, 0) is 48.9 Å². The van der Waals surface area contributed by atoms with E-state index in [1.165, 1.54) is 37.7 Å². The minimum absolute atomic E-state index is 0.425. The highest BCUT2D eigenvalue weighted by Crippen LogP contribution is 2.30. The topological polar surface area (TPSA) is 33.0 Å². The van der Waals surface area contributed by atoms with E-state index in [4.69, 9.17) is 10.00 Å². The first kappa shape index (κ1) is 14.1. The monoisotopic (exact) mass is 257 g/mol. The van der Waals surface area contributed by atoms with E-state index in [0.29, 0.717) is 12.7 Å². The molecule has 0 radical (unpaired) electrons. The van der Waals surface area contributed by atoms with Crippen LogP contribution in [0.25, 0.3) is 0 Å². The number of ether oxygens (including phenoxy) is 1. The Labute approximate surface area is 116 Å². The van der Waals surface area contributed by atoms with Crippen LogP contribution < -0.4 is 0 Å². The van der Waals surface area contributed by atoms with Gasteiger partial charge < -0.3 is 4.74 Å². The Morgan fingerprint density at radius 3 is 2.79 bits per heavy atom. The molecule has 0 aromatic heterocycles. The van der Waals surface area contributed by atoms with E-state index in [2.05, 4.69) is 19.9 Å². The average molecular weight is 257 g/mol. The van der Waals surface area contributed by atoms with Crippen molar-refractivity contribution in [2.45, 2.75) is 58.7 Å². The van der Waals surface area contributed by atoms with Crippen LogP contribution in [0, 0.1) is 24.2 Å². The molecular formula is C17H23NO. The molecule has 1 aliphatic carbocycles. The molecule has 1 fully saturated rings. The molecule has 2 nitrogen and oxygen atoms in total. The fourth-order valence-electron chi connectivity index (χ4n) is 2.98. The van der Waals surface area contributed by atoms with Gasteiger partial charge in [0.05, 0.1) is 24.3 Å². The van der Waals surface area contributed by atoms with E-state index in [1.54, 1.807) is 0 Å². The molecule has 2 heteroatoms. The first-order chi connectivity index (χ1) is 9.24. The van der Waals surface area contributed by atoms with Crippen LogP contribution in [-0.2, 0) is 11.3 Å². The van der Waals surface area contributed by atoms with E-state index in [1.807, 2.05) is 18.2 Å². The summed E-state index contributed by atoms with van der Waals surface area (Å²) in [4.78, 5) is 0. The SMILES string of the molecule is CCC1CCCCC1OCc1ccc(C#N)cc1C. The number of aryl methyl sites for hydroxylation is 1. The maximum atomic E-state index is 8.87. The van der Waals surface area contributed by atoms with Gasteiger partial charge in [0.1, 0.15) is 0 Å². The highest BCUT2D eigenvalue weighted by molar-refractivity contribution is 5.37. The lowest BCUT2D eigenvalue weighted by atomic mass is 9.85. The van der Waals surface area contributed by atoms with Crippen LogP contribution in [0.2, 0.25) is 0 Å². The van der Waals surface area contributed by atoms with Gasteiger partial charge in [-0.2, -0.15) is 5.26 Å². The molecule has 0 heterocycles. The van der Waals surface area contributed by atoms with Crippen LogP contribution in [0.15, 0.2) is 18.2 Å². The molecule has 0 spiro atoms. The molecule has 1 aromatic rings. The summed E-state index contributed by atoms with van der Waals surface area (Å²) in [6, 6.07) is 8.02.